The Morgan fingerprint density at radius 3 is 2.76 bits per heavy atom. The van der Waals surface area contributed by atoms with Gasteiger partial charge in [0.25, 0.3) is 5.56 Å². The first-order valence-electron chi connectivity index (χ1n) is 9.11. The number of aromatic nitrogens is 5. The summed E-state index contributed by atoms with van der Waals surface area (Å²) in [4.78, 5) is 20.9. The number of fused-ring (bicyclic) bond motifs is 2. The minimum absolute atomic E-state index is 0.0849. The number of hydrogen-bond donors (Lipinski definition) is 0. The highest BCUT2D eigenvalue weighted by molar-refractivity contribution is 5.94. The molecule has 5 aromatic rings. The van der Waals surface area contributed by atoms with Gasteiger partial charge in [-0.1, -0.05) is 24.3 Å². The maximum absolute atomic E-state index is 14.9. The van der Waals surface area contributed by atoms with Crippen molar-refractivity contribution in [3.8, 4) is 11.1 Å². The van der Waals surface area contributed by atoms with Gasteiger partial charge in [-0.2, -0.15) is 5.10 Å². The zero-order valence-corrected chi connectivity index (χ0v) is 15.6. The molecule has 0 fully saturated rings. The Labute approximate surface area is 164 Å². The van der Waals surface area contributed by atoms with Crippen LogP contribution in [0, 0.1) is 5.82 Å². The third kappa shape index (κ3) is 2.97. The highest BCUT2D eigenvalue weighted by Gasteiger charge is 2.12. The van der Waals surface area contributed by atoms with Crippen LogP contribution in [-0.2, 0) is 13.6 Å². The Morgan fingerprint density at radius 1 is 1.03 bits per heavy atom. The van der Waals surface area contributed by atoms with Gasteiger partial charge in [-0.3, -0.25) is 14.0 Å². The summed E-state index contributed by atoms with van der Waals surface area (Å²) < 4.78 is 18.0. The van der Waals surface area contributed by atoms with Crippen LogP contribution in [-0.4, -0.2) is 24.3 Å². The second-order valence-corrected chi connectivity index (χ2v) is 6.90. The van der Waals surface area contributed by atoms with Gasteiger partial charge in [0.2, 0.25) is 0 Å². The van der Waals surface area contributed by atoms with E-state index in [9.17, 15) is 9.18 Å². The molecule has 3 heterocycles. The van der Waals surface area contributed by atoms with Gasteiger partial charge in [-0.05, 0) is 35.4 Å². The number of hydrogen-bond acceptors (Lipinski definition) is 4. The summed E-state index contributed by atoms with van der Waals surface area (Å²) >= 11 is 0. The molecule has 0 unspecified atom stereocenters. The van der Waals surface area contributed by atoms with Gasteiger partial charge in [0.15, 0.2) is 5.52 Å². The van der Waals surface area contributed by atoms with Gasteiger partial charge in [0.1, 0.15) is 5.82 Å². The molecule has 0 aliphatic carbocycles. The molecule has 0 aliphatic heterocycles. The van der Waals surface area contributed by atoms with Crippen molar-refractivity contribution in [2.24, 2.45) is 7.05 Å². The highest BCUT2D eigenvalue weighted by Crippen LogP contribution is 2.29. The minimum Gasteiger partial charge on any atom is -0.293 e. The van der Waals surface area contributed by atoms with Gasteiger partial charge >= 0.3 is 0 Å². The maximum Gasteiger partial charge on any atom is 0.280 e. The Kier molecular flexibility index (Phi) is 3.94. The van der Waals surface area contributed by atoms with Gasteiger partial charge in [0.05, 0.1) is 23.9 Å². The van der Waals surface area contributed by atoms with Crippen molar-refractivity contribution in [2.75, 3.05) is 0 Å². The predicted octanol–water partition coefficient (Wildman–Crippen LogP) is 3.53. The van der Waals surface area contributed by atoms with Crippen LogP contribution < -0.4 is 5.56 Å². The van der Waals surface area contributed by atoms with Gasteiger partial charge < -0.3 is 0 Å². The second-order valence-electron chi connectivity index (χ2n) is 6.90. The van der Waals surface area contributed by atoms with E-state index in [0.717, 1.165) is 22.0 Å². The van der Waals surface area contributed by atoms with Crippen LogP contribution in [0.1, 0.15) is 5.56 Å². The van der Waals surface area contributed by atoms with Crippen LogP contribution in [0.4, 0.5) is 4.39 Å². The summed E-state index contributed by atoms with van der Waals surface area (Å²) in [6.45, 7) is 0.0849. The smallest absolute Gasteiger partial charge is 0.280 e. The Bertz CT molecular complexity index is 1440. The van der Waals surface area contributed by atoms with E-state index in [2.05, 4.69) is 15.1 Å². The lowest BCUT2D eigenvalue weighted by molar-refractivity contribution is 0.595. The number of nitrogens with zero attached hydrogens (tertiary/aromatic N) is 5. The first-order valence-corrected chi connectivity index (χ1v) is 9.11. The normalized spacial score (nSPS) is 11.4. The standard InChI is InChI=1S/C22H16FN5O/c1-27-12-17-16(4-2-5-19(17)26-27)14-7-8-15(18(23)10-14)11-28-13-25-20-6-3-9-24-21(20)22(28)29/h2-10,12-13H,11H2,1H3. The van der Waals surface area contributed by atoms with Gasteiger partial charge in [-0.25, -0.2) is 14.4 Å². The lowest BCUT2D eigenvalue weighted by atomic mass is 10.0. The number of benzene rings is 2. The molecule has 3 aromatic heterocycles. The zero-order valence-electron chi connectivity index (χ0n) is 15.6. The van der Waals surface area contributed by atoms with Crippen molar-refractivity contribution >= 4 is 21.9 Å². The molecule has 0 aliphatic rings. The monoisotopic (exact) mass is 385 g/mol. The van der Waals surface area contributed by atoms with Crippen molar-refractivity contribution in [1.29, 1.82) is 0 Å². The summed E-state index contributed by atoms with van der Waals surface area (Å²) in [7, 11) is 1.86. The van der Waals surface area contributed by atoms with E-state index in [1.54, 1.807) is 29.1 Å². The van der Waals surface area contributed by atoms with Crippen LogP contribution in [0.15, 0.2) is 72.0 Å². The van der Waals surface area contributed by atoms with Crippen molar-refractivity contribution in [3.05, 3.63) is 89.0 Å². The fraction of sp³-hybridized carbons (Fsp3) is 0.0909. The van der Waals surface area contributed by atoms with Crippen LogP contribution in [0.5, 0.6) is 0 Å². The molecule has 0 N–H and O–H groups in total. The molecule has 2 aromatic carbocycles. The maximum atomic E-state index is 14.9. The first kappa shape index (κ1) is 17.2. The predicted molar refractivity (Wildman–Crippen MR) is 109 cm³/mol. The highest BCUT2D eigenvalue weighted by atomic mass is 19.1. The van der Waals surface area contributed by atoms with Gasteiger partial charge in [-0.15, -0.1) is 0 Å². The molecular weight excluding hydrogens is 369 g/mol. The molecule has 0 atom stereocenters. The second kappa shape index (κ2) is 6.63. The van der Waals surface area contributed by atoms with E-state index in [-0.39, 0.29) is 23.4 Å². The number of pyridine rings is 1. The summed E-state index contributed by atoms with van der Waals surface area (Å²) in [6, 6.07) is 14.3. The number of aryl methyl sites for hydroxylation is 1. The Balaban J connectivity index is 1.54. The van der Waals surface area contributed by atoms with Crippen LogP contribution >= 0.6 is 0 Å². The van der Waals surface area contributed by atoms with E-state index < -0.39 is 0 Å². The summed E-state index contributed by atoms with van der Waals surface area (Å²) in [5.74, 6) is -0.378. The molecule has 0 amide bonds. The van der Waals surface area contributed by atoms with Crippen molar-refractivity contribution in [1.82, 2.24) is 24.3 Å². The molecule has 0 saturated heterocycles. The van der Waals surface area contributed by atoms with Crippen molar-refractivity contribution in [3.63, 3.8) is 0 Å². The molecular formula is C22H16FN5O. The molecule has 142 valence electrons. The van der Waals surface area contributed by atoms with Crippen molar-refractivity contribution < 1.29 is 4.39 Å². The van der Waals surface area contributed by atoms with E-state index >= 15 is 0 Å². The minimum atomic E-state index is -0.378. The van der Waals surface area contributed by atoms with E-state index in [1.807, 2.05) is 37.5 Å². The molecule has 0 bridgehead atoms. The Morgan fingerprint density at radius 2 is 1.90 bits per heavy atom. The number of halogens is 1. The fourth-order valence-corrected chi connectivity index (χ4v) is 3.54. The fourth-order valence-electron chi connectivity index (χ4n) is 3.54. The first-order chi connectivity index (χ1) is 14.1. The van der Waals surface area contributed by atoms with E-state index in [0.29, 0.717) is 11.1 Å². The molecule has 0 saturated carbocycles. The quantitative estimate of drug-likeness (QED) is 0.477. The summed E-state index contributed by atoms with van der Waals surface area (Å²) in [6.07, 6.45) is 4.89. The molecule has 29 heavy (non-hydrogen) atoms. The molecule has 6 nitrogen and oxygen atoms in total. The van der Waals surface area contributed by atoms with Gasteiger partial charge in [0, 0.05) is 30.4 Å². The number of rotatable bonds is 3. The van der Waals surface area contributed by atoms with Crippen LogP contribution in [0.2, 0.25) is 0 Å². The third-order valence-electron chi connectivity index (χ3n) is 4.96. The van der Waals surface area contributed by atoms with Crippen molar-refractivity contribution in [2.45, 2.75) is 6.54 Å². The lowest BCUT2D eigenvalue weighted by Crippen LogP contribution is -2.22. The molecule has 5 rings (SSSR count). The molecule has 7 heteroatoms. The Hall–Kier alpha value is -3.87. The topological polar surface area (TPSA) is 65.6 Å². The largest absolute Gasteiger partial charge is 0.293 e. The average Bonchev–Trinajstić information content (AvgIpc) is 3.12. The van der Waals surface area contributed by atoms with Crippen LogP contribution in [0.3, 0.4) is 0 Å². The summed E-state index contributed by atoms with van der Waals surface area (Å²) in [5, 5.41) is 5.36. The van der Waals surface area contributed by atoms with Crippen LogP contribution in [0.25, 0.3) is 33.1 Å². The van der Waals surface area contributed by atoms with E-state index in [1.165, 1.54) is 17.0 Å². The molecule has 0 spiro atoms. The lowest BCUT2D eigenvalue weighted by Gasteiger charge is -2.09. The average molecular weight is 385 g/mol. The SMILES string of the molecule is Cn1cc2c(-c3ccc(Cn4cnc5cccnc5c4=O)c(F)c3)cccc2n1. The molecule has 0 radical (unpaired) electrons. The van der Waals surface area contributed by atoms with E-state index in [4.69, 9.17) is 0 Å². The zero-order chi connectivity index (χ0) is 20.0. The summed E-state index contributed by atoms with van der Waals surface area (Å²) in [5.41, 5.74) is 3.44. The third-order valence-corrected chi connectivity index (χ3v) is 4.96.